The second-order valence-corrected chi connectivity index (χ2v) is 4.95. The molecule has 0 aromatic heterocycles. The fourth-order valence-corrected chi connectivity index (χ4v) is 2.49. The van der Waals surface area contributed by atoms with Gasteiger partial charge in [0.05, 0.1) is 5.60 Å². The maximum absolute atomic E-state index is 11.8. The highest BCUT2D eigenvalue weighted by Gasteiger charge is 2.36. The highest BCUT2D eigenvalue weighted by atomic mass is 31.2. The van der Waals surface area contributed by atoms with Crippen molar-refractivity contribution in [3.63, 3.8) is 0 Å². The van der Waals surface area contributed by atoms with Crippen LogP contribution >= 0.6 is 7.82 Å². The molecule has 15 heavy (non-hydrogen) atoms. The van der Waals surface area contributed by atoms with E-state index in [0.717, 1.165) is 19.3 Å². The Kier molecular flexibility index (Phi) is 8.57. The average Bonchev–Trinajstić information content (AvgIpc) is 2.26. The van der Waals surface area contributed by atoms with Crippen LogP contribution in [0.5, 0.6) is 0 Å². The summed E-state index contributed by atoms with van der Waals surface area (Å²) in [7, 11) is -0.693. The van der Waals surface area contributed by atoms with Crippen molar-refractivity contribution in [2.24, 2.45) is 0 Å². The second-order valence-electron chi connectivity index (χ2n) is 3.15. The maximum atomic E-state index is 11.8. The van der Waals surface area contributed by atoms with Crippen molar-refractivity contribution in [3.8, 4) is 0 Å². The molecule has 0 fully saturated rings. The van der Waals surface area contributed by atoms with Crippen molar-refractivity contribution in [2.45, 2.75) is 45.6 Å². The van der Waals surface area contributed by atoms with Crippen LogP contribution < -0.4 is 6.15 Å². The summed E-state index contributed by atoms with van der Waals surface area (Å²) in [6.07, 6.45) is 2.37. The van der Waals surface area contributed by atoms with Gasteiger partial charge in [0.2, 0.25) is 0 Å². The van der Waals surface area contributed by atoms with Gasteiger partial charge in [0.25, 0.3) is 0 Å². The summed E-state index contributed by atoms with van der Waals surface area (Å²) < 4.78 is 26.8. The molecule has 3 N–H and O–H groups in total. The maximum Gasteiger partial charge on any atom is 0.474 e. The van der Waals surface area contributed by atoms with E-state index >= 15 is 0 Å². The predicted molar refractivity (Wildman–Crippen MR) is 61.3 cm³/mol. The quantitative estimate of drug-likeness (QED) is 0.689. The van der Waals surface area contributed by atoms with Gasteiger partial charge in [-0.3, -0.25) is 13.6 Å². The lowest BCUT2D eigenvalue weighted by atomic mass is 9.95. The van der Waals surface area contributed by atoms with Crippen molar-refractivity contribution in [1.29, 1.82) is 0 Å². The lowest BCUT2D eigenvalue weighted by Gasteiger charge is -2.32. The van der Waals surface area contributed by atoms with Gasteiger partial charge in [-0.2, -0.15) is 0 Å². The van der Waals surface area contributed by atoms with Gasteiger partial charge in [-0.15, -0.1) is 0 Å². The molecule has 0 heterocycles. The van der Waals surface area contributed by atoms with E-state index in [1.54, 1.807) is 0 Å². The van der Waals surface area contributed by atoms with E-state index in [0.29, 0.717) is 0 Å². The minimum Gasteiger partial charge on any atom is -0.344 e. The smallest absolute Gasteiger partial charge is 0.344 e. The third kappa shape index (κ3) is 4.62. The van der Waals surface area contributed by atoms with Crippen molar-refractivity contribution in [1.82, 2.24) is 6.15 Å². The molecule has 0 amide bonds. The topological polar surface area (TPSA) is 79.8 Å². The minimum absolute atomic E-state index is 0. The van der Waals surface area contributed by atoms with E-state index in [1.807, 2.05) is 20.8 Å². The number of phosphoric ester groups is 1. The Hall–Kier alpha value is 0.0700. The molecule has 0 atom stereocenters. The molecular weight excluding hydrogens is 217 g/mol. The van der Waals surface area contributed by atoms with Gasteiger partial charge >= 0.3 is 7.82 Å². The van der Waals surface area contributed by atoms with E-state index in [-0.39, 0.29) is 6.15 Å². The van der Waals surface area contributed by atoms with Crippen LogP contribution in [0, 0.1) is 0 Å². The van der Waals surface area contributed by atoms with Gasteiger partial charge in [-0.05, 0) is 19.3 Å². The summed E-state index contributed by atoms with van der Waals surface area (Å²) in [4.78, 5) is 0. The third-order valence-electron chi connectivity index (χ3n) is 2.69. The normalized spacial score (nSPS) is 12.3. The first-order valence-electron chi connectivity index (χ1n) is 4.93. The largest absolute Gasteiger partial charge is 0.474 e. The molecule has 0 aromatic rings. The molecule has 0 saturated heterocycles. The van der Waals surface area contributed by atoms with Gasteiger partial charge in [-0.25, -0.2) is 4.57 Å². The third-order valence-corrected chi connectivity index (χ3v) is 4.19. The summed E-state index contributed by atoms with van der Waals surface area (Å²) in [6, 6.07) is 0. The molecule has 0 rings (SSSR count). The molecule has 5 nitrogen and oxygen atoms in total. The molecule has 0 bridgehead atoms. The Labute approximate surface area is 92.7 Å². The van der Waals surface area contributed by atoms with Gasteiger partial charge < -0.3 is 6.15 Å². The summed E-state index contributed by atoms with van der Waals surface area (Å²) in [5.74, 6) is 0. The summed E-state index contributed by atoms with van der Waals surface area (Å²) in [5.41, 5.74) is -0.401. The highest BCUT2D eigenvalue weighted by molar-refractivity contribution is 7.48. The van der Waals surface area contributed by atoms with Crippen LogP contribution in [0.15, 0.2) is 0 Å². The molecule has 0 aliphatic rings. The SMILES string of the molecule is CCC(CC)(CC)OP(=O)(OC)OC.N. The highest BCUT2D eigenvalue weighted by Crippen LogP contribution is 2.53. The first kappa shape index (κ1) is 17.5. The van der Waals surface area contributed by atoms with Crippen LogP contribution in [-0.2, 0) is 18.1 Å². The number of hydrogen-bond donors (Lipinski definition) is 1. The van der Waals surface area contributed by atoms with E-state index in [4.69, 9.17) is 13.6 Å². The summed E-state index contributed by atoms with van der Waals surface area (Å²) >= 11 is 0. The van der Waals surface area contributed by atoms with Crippen LogP contribution in [0.3, 0.4) is 0 Å². The van der Waals surface area contributed by atoms with E-state index in [2.05, 4.69) is 0 Å². The van der Waals surface area contributed by atoms with Gasteiger partial charge in [0.15, 0.2) is 0 Å². The Morgan fingerprint density at radius 1 is 1.00 bits per heavy atom. The molecule has 0 saturated carbocycles. The summed E-state index contributed by atoms with van der Waals surface area (Å²) in [6.45, 7) is 6.01. The number of hydrogen-bond acceptors (Lipinski definition) is 5. The van der Waals surface area contributed by atoms with E-state index < -0.39 is 13.4 Å². The standard InChI is InChI=1S/C9H21O4P.H3N/c1-6-9(7-2,8-3)13-14(10,11-4)12-5;/h6-8H2,1-5H3;1H3. The van der Waals surface area contributed by atoms with Crippen LogP contribution in [0.4, 0.5) is 0 Å². The fourth-order valence-electron chi connectivity index (χ4n) is 1.33. The molecule has 0 radical (unpaired) electrons. The van der Waals surface area contributed by atoms with E-state index in [9.17, 15) is 4.57 Å². The van der Waals surface area contributed by atoms with Crippen LogP contribution in [0.25, 0.3) is 0 Å². The second kappa shape index (κ2) is 7.36. The van der Waals surface area contributed by atoms with Crippen molar-refractivity contribution in [2.75, 3.05) is 14.2 Å². The zero-order valence-electron chi connectivity index (χ0n) is 10.4. The molecule has 0 unspecified atom stereocenters. The molecule has 0 aliphatic heterocycles. The Bertz CT molecular complexity index is 190. The predicted octanol–water partition coefficient (Wildman–Crippen LogP) is 3.53. The van der Waals surface area contributed by atoms with Crippen molar-refractivity contribution in [3.05, 3.63) is 0 Å². The lowest BCUT2D eigenvalue weighted by molar-refractivity contribution is 0.0117. The fraction of sp³-hybridized carbons (Fsp3) is 1.00. The lowest BCUT2D eigenvalue weighted by Crippen LogP contribution is -2.29. The first-order chi connectivity index (χ1) is 6.51. The molecular formula is C9H24NO4P. The Balaban J connectivity index is 0. The van der Waals surface area contributed by atoms with Gasteiger partial charge in [0, 0.05) is 14.2 Å². The van der Waals surface area contributed by atoms with E-state index in [1.165, 1.54) is 14.2 Å². The van der Waals surface area contributed by atoms with Gasteiger partial charge in [0.1, 0.15) is 0 Å². The van der Waals surface area contributed by atoms with Crippen molar-refractivity contribution < 1.29 is 18.1 Å². The zero-order valence-corrected chi connectivity index (χ0v) is 11.3. The Morgan fingerprint density at radius 2 is 1.33 bits per heavy atom. The molecule has 6 heteroatoms. The number of phosphoric acid groups is 1. The average molecular weight is 241 g/mol. The minimum atomic E-state index is -3.35. The summed E-state index contributed by atoms with van der Waals surface area (Å²) in [5, 5.41) is 0. The monoisotopic (exact) mass is 241 g/mol. The molecule has 0 spiro atoms. The van der Waals surface area contributed by atoms with Crippen molar-refractivity contribution >= 4 is 7.82 Å². The molecule has 0 aliphatic carbocycles. The number of rotatable bonds is 7. The van der Waals surface area contributed by atoms with Crippen LogP contribution in [0.2, 0.25) is 0 Å². The molecule has 94 valence electrons. The molecule has 0 aromatic carbocycles. The first-order valence-corrected chi connectivity index (χ1v) is 6.39. The Morgan fingerprint density at radius 3 is 1.53 bits per heavy atom. The van der Waals surface area contributed by atoms with Crippen LogP contribution in [0.1, 0.15) is 40.0 Å². The van der Waals surface area contributed by atoms with Crippen LogP contribution in [-0.4, -0.2) is 19.8 Å². The zero-order chi connectivity index (χ0) is 11.2. The van der Waals surface area contributed by atoms with Gasteiger partial charge in [-0.1, -0.05) is 20.8 Å².